The number of nitrogens with zero attached hydrogens (tertiary/aromatic N) is 4. The van der Waals surface area contributed by atoms with Gasteiger partial charge in [-0.15, -0.1) is 0 Å². The maximum Gasteiger partial charge on any atom is 0.296 e. The Hall–Kier alpha value is -3.58. The van der Waals surface area contributed by atoms with Gasteiger partial charge in [-0.25, -0.2) is 5.01 Å². The standard InChI is InChI=1S/C30H33ClN4O3/c1-4-34-19-26(31)28(32-34)30(36)35-29(21-12-16-24(17-13-21)38-6-3)25-9-7-8-22(27(25)33-35)18-20-10-14-23(15-11-20)37-5-2/h10-19,25,29H,4-9H2,1-3H3/b22-18+/t25-,29+/m1/s1. The van der Waals surface area contributed by atoms with E-state index in [4.69, 9.17) is 26.2 Å². The summed E-state index contributed by atoms with van der Waals surface area (Å²) in [4.78, 5) is 13.9. The number of carbonyl (C=O) groups is 1. The number of aryl methyl sites for hydroxylation is 1. The minimum Gasteiger partial charge on any atom is -0.494 e. The van der Waals surface area contributed by atoms with Gasteiger partial charge in [-0.2, -0.15) is 10.2 Å². The molecular formula is C30H33ClN4O3. The number of aromatic nitrogens is 2. The van der Waals surface area contributed by atoms with Crippen molar-refractivity contribution in [3.05, 3.63) is 82.1 Å². The molecule has 0 bridgehead atoms. The zero-order valence-electron chi connectivity index (χ0n) is 22.1. The lowest BCUT2D eigenvalue weighted by atomic mass is 9.77. The molecule has 1 fully saturated rings. The van der Waals surface area contributed by atoms with Gasteiger partial charge < -0.3 is 9.47 Å². The smallest absolute Gasteiger partial charge is 0.296 e. The van der Waals surface area contributed by atoms with Crippen molar-refractivity contribution in [1.29, 1.82) is 0 Å². The van der Waals surface area contributed by atoms with Crippen molar-refractivity contribution in [3.8, 4) is 11.5 Å². The van der Waals surface area contributed by atoms with Crippen molar-refractivity contribution in [2.45, 2.75) is 52.6 Å². The number of hydrogen-bond acceptors (Lipinski definition) is 5. The van der Waals surface area contributed by atoms with Gasteiger partial charge in [0.1, 0.15) is 11.5 Å². The minimum absolute atomic E-state index is 0.0756. The quantitative estimate of drug-likeness (QED) is 0.320. The van der Waals surface area contributed by atoms with Crippen LogP contribution in [0.3, 0.4) is 0 Å². The van der Waals surface area contributed by atoms with Crippen LogP contribution in [0.1, 0.15) is 67.7 Å². The van der Waals surface area contributed by atoms with Gasteiger partial charge in [0.25, 0.3) is 5.91 Å². The number of hydrogen-bond donors (Lipinski definition) is 0. The number of rotatable bonds is 8. The predicted molar refractivity (Wildman–Crippen MR) is 150 cm³/mol. The van der Waals surface area contributed by atoms with Crippen LogP contribution in [0.25, 0.3) is 6.08 Å². The zero-order valence-corrected chi connectivity index (χ0v) is 22.8. The first-order valence-corrected chi connectivity index (χ1v) is 13.7. The van der Waals surface area contributed by atoms with Crippen LogP contribution in [0.5, 0.6) is 11.5 Å². The van der Waals surface area contributed by atoms with E-state index in [9.17, 15) is 4.79 Å². The summed E-state index contributed by atoms with van der Waals surface area (Å²) in [5.74, 6) is 1.44. The van der Waals surface area contributed by atoms with Crippen LogP contribution < -0.4 is 9.47 Å². The van der Waals surface area contributed by atoms with Gasteiger partial charge in [0.2, 0.25) is 0 Å². The topological polar surface area (TPSA) is 69.0 Å². The average molecular weight is 533 g/mol. The minimum atomic E-state index is -0.289. The molecule has 1 saturated carbocycles. The summed E-state index contributed by atoms with van der Waals surface area (Å²) >= 11 is 6.45. The van der Waals surface area contributed by atoms with Gasteiger partial charge in [-0.1, -0.05) is 35.9 Å². The summed E-state index contributed by atoms with van der Waals surface area (Å²) in [6, 6.07) is 15.8. The number of amides is 1. The molecule has 2 aliphatic rings. The Morgan fingerprint density at radius 1 is 1.03 bits per heavy atom. The maximum atomic E-state index is 13.9. The summed E-state index contributed by atoms with van der Waals surface area (Å²) in [5.41, 5.74) is 4.44. The van der Waals surface area contributed by atoms with E-state index >= 15 is 0 Å². The molecule has 7 nitrogen and oxygen atoms in total. The van der Waals surface area contributed by atoms with Gasteiger partial charge in [0.15, 0.2) is 5.69 Å². The van der Waals surface area contributed by atoms with Crippen molar-refractivity contribution >= 4 is 29.3 Å². The highest BCUT2D eigenvalue weighted by Gasteiger charge is 2.44. The fourth-order valence-electron chi connectivity index (χ4n) is 5.27. The molecule has 0 radical (unpaired) electrons. The number of hydrazone groups is 1. The van der Waals surface area contributed by atoms with Gasteiger partial charge in [-0.3, -0.25) is 9.48 Å². The number of fused-ring (bicyclic) bond motifs is 1. The summed E-state index contributed by atoms with van der Waals surface area (Å²) in [7, 11) is 0. The molecule has 2 atom stereocenters. The van der Waals surface area contributed by atoms with Crippen LogP contribution in [0, 0.1) is 5.92 Å². The summed E-state index contributed by atoms with van der Waals surface area (Å²) in [6.07, 6.45) is 6.74. The van der Waals surface area contributed by atoms with E-state index in [2.05, 4.69) is 23.3 Å². The number of ether oxygens (including phenoxy) is 2. The maximum absolute atomic E-state index is 13.9. The highest BCUT2D eigenvalue weighted by molar-refractivity contribution is 6.33. The molecule has 0 saturated heterocycles. The Balaban J connectivity index is 1.53. The van der Waals surface area contributed by atoms with Crippen molar-refractivity contribution in [3.63, 3.8) is 0 Å². The lowest BCUT2D eigenvalue weighted by Crippen LogP contribution is -2.32. The molecule has 1 amide bonds. The Bertz CT molecular complexity index is 1340. The molecule has 0 spiro atoms. The van der Waals surface area contributed by atoms with E-state index in [0.717, 1.165) is 53.2 Å². The molecule has 1 aromatic heterocycles. The largest absolute Gasteiger partial charge is 0.494 e. The first kappa shape index (κ1) is 26.0. The fraction of sp³-hybridized carbons (Fsp3) is 0.367. The van der Waals surface area contributed by atoms with Crippen molar-refractivity contribution < 1.29 is 14.3 Å². The average Bonchev–Trinajstić information content (AvgIpc) is 3.51. The molecule has 0 unspecified atom stereocenters. The summed E-state index contributed by atoms with van der Waals surface area (Å²) in [6.45, 7) is 7.76. The second-order valence-electron chi connectivity index (χ2n) is 9.43. The molecule has 38 heavy (non-hydrogen) atoms. The molecule has 198 valence electrons. The van der Waals surface area contributed by atoms with Crippen LogP contribution in [-0.4, -0.2) is 39.6 Å². The van der Waals surface area contributed by atoms with Crippen molar-refractivity contribution in [2.24, 2.45) is 11.0 Å². The first-order valence-electron chi connectivity index (χ1n) is 13.3. The third-order valence-electron chi connectivity index (χ3n) is 7.02. The number of halogens is 1. The van der Waals surface area contributed by atoms with E-state index in [1.54, 1.807) is 15.9 Å². The third-order valence-corrected chi connectivity index (χ3v) is 7.29. The molecular weight excluding hydrogens is 500 g/mol. The SMILES string of the molecule is CCOc1ccc(/C=C2\CCC[C@@H]3C2=NN(C(=O)c2nn(CC)cc2Cl)[C@H]3c2ccc(OCC)cc2)cc1. The Morgan fingerprint density at radius 3 is 2.29 bits per heavy atom. The normalized spacial score (nSPS) is 19.8. The lowest BCUT2D eigenvalue weighted by Gasteiger charge is -2.29. The molecule has 5 rings (SSSR count). The van der Waals surface area contributed by atoms with Crippen molar-refractivity contribution in [1.82, 2.24) is 14.8 Å². The second-order valence-corrected chi connectivity index (χ2v) is 9.84. The fourth-order valence-corrected chi connectivity index (χ4v) is 5.50. The lowest BCUT2D eigenvalue weighted by molar-refractivity contribution is 0.0674. The molecule has 1 aliphatic carbocycles. The van der Waals surface area contributed by atoms with E-state index in [0.29, 0.717) is 24.8 Å². The summed E-state index contributed by atoms with van der Waals surface area (Å²) in [5, 5.41) is 11.4. The number of allylic oxidation sites excluding steroid dienone is 1. The first-order chi connectivity index (χ1) is 18.5. The highest BCUT2D eigenvalue weighted by atomic mass is 35.5. The Morgan fingerprint density at radius 2 is 1.68 bits per heavy atom. The number of benzene rings is 2. The van der Waals surface area contributed by atoms with Gasteiger partial charge in [0, 0.05) is 18.7 Å². The zero-order chi connectivity index (χ0) is 26.6. The molecule has 3 aromatic rings. The van der Waals surface area contributed by atoms with Crippen LogP contribution in [0.2, 0.25) is 5.02 Å². The molecule has 8 heteroatoms. The Kier molecular flexibility index (Phi) is 7.84. The van der Waals surface area contributed by atoms with Crippen LogP contribution in [0.15, 0.2) is 65.4 Å². The van der Waals surface area contributed by atoms with E-state index in [1.807, 2.05) is 57.2 Å². The van der Waals surface area contributed by atoms with Crippen LogP contribution in [-0.2, 0) is 6.54 Å². The molecule has 1 aliphatic heterocycles. The monoisotopic (exact) mass is 532 g/mol. The van der Waals surface area contributed by atoms with Crippen LogP contribution in [0.4, 0.5) is 0 Å². The highest BCUT2D eigenvalue weighted by Crippen LogP contribution is 2.45. The Labute approximate surface area is 228 Å². The molecule has 2 heterocycles. The van der Waals surface area contributed by atoms with E-state index in [1.165, 1.54) is 0 Å². The molecule has 0 N–H and O–H groups in total. The second kappa shape index (κ2) is 11.4. The van der Waals surface area contributed by atoms with Gasteiger partial charge in [-0.05, 0) is 87.1 Å². The number of carbonyl (C=O) groups excluding carboxylic acids is 1. The van der Waals surface area contributed by atoms with E-state index in [-0.39, 0.29) is 23.6 Å². The van der Waals surface area contributed by atoms with E-state index < -0.39 is 0 Å². The third kappa shape index (κ3) is 5.20. The predicted octanol–water partition coefficient (Wildman–Crippen LogP) is 6.79. The van der Waals surface area contributed by atoms with Crippen molar-refractivity contribution in [2.75, 3.05) is 13.2 Å². The summed E-state index contributed by atoms with van der Waals surface area (Å²) < 4.78 is 12.9. The molecule has 2 aromatic carbocycles. The van der Waals surface area contributed by atoms with Gasteiger partial charge >= 0.3 is 0 Å². The van der Waals surface area contributed by atoms with Gasteiger partial charge in [0.05, 0.1) is 30.0 Å². The van der Waals surface area contributed by atoms with Crippen LogP contribution >= 0.6 is 11.6 Å².